The Morgan fingerprint density at radius 1 is 1.07 bits per heavy atom. The molecule has 2 amide bonds. The summed E-state index contributed by atoms with van der Waals surface area (Å²) in [6, 6.07) is 6.49. The highest BCUT2D eigenvalue weighted by molar-refractivity contribution is 5.91. The molecule has 9 nitrogen and oxygen atoms in total. The van der Waals surface area contributed by atoms with E-state index in [1.165, 1.54) is 12.5 Å². The molecule has 162 valence electrons. The van der Waals surface area contributed by atoms with E-state index in [1.807, 2.05) is 44.2 Å². The first-order valence-corrected chi connectivity index (χ1v) is 9.86. The number of aromatic amines is 1. The van der Waals surface area contributed by atoms with E-state index in [2.05, 4.69) is 20.6 Å². The fourth-order valence-electron chi connectivity index (χ4n) is 3.03. The zero-order chi connectivity index (χ0) is 22.1. The number of hydrogen-bond acceptors (Lipinski definition) is 5. The topological polar surface area (TPSA) is 150 Å². The van der Waals surface area contributed by atoms with Crippen LogP contribution in [0, 0.1) is 5.92 Å². The Labute approximate surface area is 175 Å². The summed E-state index contributed by atoms with van der Waals surface area (Å²) in [6.07, 6.45) is 3.67. The number of carbonyl (C=O) groups excluding carboxylic acids is 2. The zero-order valence-electron chi connectivity index (χ0n) is 17.2. The second-order valence-corrected chi connectivity index (χ2v) is 7.67. The van der Waals surface area contributed by atoms with Crippen LogP contribution in [0.5, 0.6) is 0 Å². The number of carboxylic acid groups (broad SMARTS) is 1. The van der Waals surface area contributed by atoms with Gasteiger partial charge >= 0.3 is 5.97 Å². The van der Waals surface area contributed by atoms with Crippen molar-refractivity contribution in [2.24, 2.45) is 11.7 Å². The standard InChI is InChI=1S/C21H29N5O4/c1-13(2)8-17(25-19(27)16(22)9-14-6-4-3-5-7-14)20(28)26-18(21(29)30)10-15-11-23-12-24-15/h3-7,11-13,16-18H,8-10,22H2,1-2H3,(H,23,24)(H,25,27)(H,26,28)(H,29,30). The van der Waals surface area contributed by atoms with Crippen LogP contribution in [0.15, 0.2) is 42.9 Å². The number of aromatic nitrogens is 2. The van der Waals surface area contributed by atoms with Gasteiger partial charge in [0, 0.05) is 18.3 Å². The van der Waals surface area contributed by atoms with E-state index in [1.54, 1.807) is 0 Å². The Bertz CT molecular complexity index is 823. The first-order chi connectivity index (χ1) is 14.3. The number of rotatable bonds is 11. The van der Waals surface area contributed by atoms with Gasteiger partial charge in [-0.3, -0.25) is 9.59 Å². The lowest BCUT2D eigenvalue weighted by molar-refractivity contribution is -0.142. The lowest BCUT2D eigenvalue weighted by Gasteiger charge is -2.24. The second kappa shape index (κ2) is 11.1. The van der Waals surface area contributed by atoms with Gasteiger partial charge in [-0.15, -0.1) is 0 Å². The normalized spacial score (nSPS) is 14.0. The predicted octanol–water partition coefficient (Wildman–Crippen LogP) is 0.623. The van der Waals surface area contributed by atoms with Gasteiger partial charge in [0.15, 0.2) is 0 Å². The third-order valence-corrected chi connectivity index (χ3v) is 4.57. The molecule has 0 aliphatic rings. The molecular formula is C21H29N5O4. The van der Waals surface area contributed by atoms with Crippen LogP contribution >= 0.6 is 0 Å². The molecule has 9 heteroatoms. The van der Waals surface area contributed by atoms with Gasteiger partial charge in [-0.05, 0) is 24.3 Å². The molecule has 0 saturated carbocycles. The summed E-state index contributed by atoms with van der Waals surface area (Å²) in [7, 11) is 0. The quantitative estimate of drug-likeness (QED) is 0.363. The highest BCUT2D eigenvalue weighted by Crippen LogP contribution is 2.08. The second-order valence-electron chi connectivity index (χ2n) is 7.67. The minimum absolute atomic E-state index is 0.0525. The van der Waals surface area contributed by atoms with Gasteiger partial charge in [0.1, 0.15) is 12.1 Å². The number of imidazole rings is 1. The van der Waals surface area contributed by atoms with Crippen molar-refractivity contribution in [2.45, 2.75) is 51.2 Å². The first-order valence-electron chi connectivity index (χ1n) is 9.86. The summed E-state index contributed by atoms with van der Waals surface area (Å²) in [6.45, 7) is 3.82. The largest absolute Gasteiger partial charge is 0.480 e. The average Bonchev–Trinajstić information content (AvgIpc) is 3.20. The molecule has 0 aliphatic carbocycles. The lowest BCUT2D eigenvalue weighted by atomic mass is 10.0. The molecule has 3 unspecified atom stereocenters. The van der Waals surface area contributed by atoms with Gasteiger partial charge in [-0.1, -0.05) is 44.2 Å². The molecule has 0 aliphatic heterocycles. The number of nitrogens with two attached hydrogens (primary N) is 1. The van der Waals surface area contributed by atoms with Gasteiger partial charge in [0.2, 0.25) is 11.8 Å². The van der Waals surface area contributed by atoms with E-state index in [0.717, 1.165) is 5.56 Å². The number of aliphatic carboxylic acids is 1. The molecule has 1 aromatic heterocycles. The summed E-state index contributed by atoms with van der Waals surface area (Å²) in [5.74, 6) is -2.09. The molecule has 1 heterocycles. The Kier molecular flexibility index (Phi) is 8.54. The van der Waals surface area contributed by atoms with Crippen molar-refractivity contribution in [1.29, 1.82) is 0 Å². The van der Waals surface area contributed by atoms with E-state index in [4.69, 9.17) is 5.73 Å². The van der Waals surface area contributed by atoms with Gasteiger partial charge in [-0.2, -0.15) is 0 Å². The molecular weight excluding hydrogens is 386 g/mol. The third kappa shape index (κ3) is 7.32. The fourth-order valence-corrected chi connectivity index (χ4v) is 3.03. The maximum absolute atomic E-state index is 12.8. The molecule has 0 bridgehead atoms. The van der Waals surface area contributed by atoms with Gasteiger partial charge in [0.05, 0.1) is 12.4 Å². The summed E-state index contributed by atoms with van der Waals surface area (Å²) >= 11 is 0. The van der Waals surface area contributed by atoms with Crippen LogP contribution in [0.3, 0.4) is 0 Å². The van der Waals surface area contributed by atoms with Crippen molar-refractivity contribution >= 4 is 17.8 Å². The van der Waals surface area contributed by atoms with Crippen LogP contribution in [0.1, 0.15) is 31.5 Å². The number of amides is 2. The number of carbonyl (C=O) groups is 3. The Morgan fingerprint density at radius 2 is 1.73 bits per heavy atom. The number of nitrogens with one attached hydrogen (secondary N) is 3. The first kappa shape index (κ1) is 23.1. The van der Waals surface area contributed by atoms with E-state index < -0.39 is 35.9 Å². The highest BCUT2D eigenvalue weighted by Gasteiger charge is 2.29. The Balaban J connectivity index is 2.02. The Hall–Kier alpha value is -3.20. The van der Waals surface area contributed by atoms with E-state index in [-0.39, 0.29) is 12.3 Å². The molecule has 1 aromatic carbocycles. The number of nitrogens with zero attached hydrogens (tertiary/aromatic N) is 1. The van der Waals surface area contributed by atoms with Gasteiger partial charge in [0.25, 0.3) is 0 Å². The van der Waals surface area contributed by atoms with Crippen LogP contribution in [0.4, 0.5) is 0 Å². The van der Waals surface area contributed by atoms with Crippen LogP contribution in [-0.4, -0.2) is 51.0 Å². The summed E-state index contributed by atoms with van der Waals surface area (Å²) in [4.78, 5) is 43.6. The lowest BCUT2D eigenvalue weighted by Crippen LogP contribution is -2.55. The molecule has 6 N–H and O–H groups in total. The van der Waals surface area contributed by atoms with Gasteiger partial charge < -0.3 is 26.5 Å². The van der Waals surface area contributed by atoms with Crippen molar-refractivity contribution in [2.75, 3.05) is 0 Å². The van der Waals surface area contributed by atoms with Crippen molar-refractivity contribution in [3.8, 4) is 0 Å². The summed E-state index contributed by atoms with van der Waals surface area (Å²) in [5.41, 5.74) is 7.51. The molecule has 0 radical (unpaired) electrons. The van der Waals surface area contributed by atoms with Crippen LogP contribution in [0.2, 0.25) is 0 Å². The Morgan fingerprint density at radius 3 is 2.30 bits per heavy atom. The maximum atomic E-state index is 12.8. The van der Waals surface area contributed by atoms with Crippen molar-refractivity contribution in [3.63, 3.8) is 0 Å². The van der Waals surface area contributed by atoms with Crippen molar-refractivity contribution in [3.05, 3.63) is 54.1 Å². The molecule has 0 saturated heterocycles. The van der Waals surface area contributed by atoms with E-state index >= 15 is 0 Å². The van der Waals surface area contributed by atoms with Crippen LogP contribution < -0.4 is 16.4 Å². The maximum Gasteiger partial charge on any atom is 0.326 e. The summed E-state index contributed by atoms with van der Waals surface area (Å²) in [5, 5.41) is 14.7. The predicted molar refractivity (Wildman–Crippen MR) is 111 cm³/mol. The average molecular weight is 415 g/mol. The van der Waals surface area contributed by atoms with Crippen LogP contribution in [-0.2, 0) is 27.2 Å². The third-order valence-electron chi connectivity index (χ3n) is 4.57. The minimum atomic E-state index is -1.17. The smallest absolute Gasteiger partial charge is 0.326 e. The van der Waals surface area contributed by atoms with Gasteiger partial charge in [-0.25, -0.2) is 9.78 Å². The van der Waals surface area contributed by atoms with Crippen LogP contribution in [0.25, 0.3) is 0 Å². The van der Waals surface area contributed by atoms with Crippen molar-refractivity contribution < 1.29 is 19.5 Å². The SMILES string of the molecule is CC(C)CC(NC(=O)C(N)Cc1ccccc1)C(=O)NC(Cc1cnc[nH]1)C(=O)O. The number of benzene rings is 1. The molecule has 0 fully saturated rings. The fraction of sp³-hybridized carbons (Fsp3) is 0.429. The molecule has 30 heavy (non-hydrogen) atoms. The number of carboxylic acids is 1. The van der Waals surface area contributed by atoms with Crippen molar-refractivity contribution in [1.82, 2.24) is 20.6 Å². The molecule has 2 rings (SSSR count). The minimum Gasteiger partial charge on any atom is -0.480 e. The highest BCUT2D eigenvalue weighted by atomic mass is 16.4. The monoisotopic (exact) mass is 415 g/mol. The number of hydrogen-bond donors (Lipinski definition) is 5. The molecule has 0 spiro atoms. The zero-order valence-corrected chi connectivity index (χ0v) is 17.2. The van der Waals surface area contributed by atoms with E-state index in [9.17, 15) is 19.5 Å². The molecule has 2 aromatic rings. The number of H-pyrrole nitrogens is 1. The molecule has 3 atom stereocenters. The summed E-state index contributed by atoms with van der Waals surface area (Å²) < 4.78 is 0. The van der Waals surface area contributed by atoms with E-state index in [0.29, 0.717) is 18.5 Å².